The Bertz CT molecular complexity index is 515. The number of nitrogens with zero attached hydrogens (tertiary/aromatic N) is 2. The summed E-state index contributed by atoms with van der Waals surface area (Å²) >= 11 is 0. The Balaban J connectivity index is 1.64. The van der Waals surface area contributed by atoms with Crippen molar-refractivity contribution >= 4 is 17.5 Å². The third-order valence-corrected chi connectivity index (χ3v) is 3.86. The first-order valence-electron chi connectivity index (χ1n) is 7.90. The van der Waals surface area contributed by atoms with Crippen LogP contribution in [-0.4, -0.2) is 35.0 Å². The summed E-state index contributed by atoms with van der Waals surface area (Å²) in [7, 11) is 0. The van der Waals surface area contributed by atoms with Crippen LogP contribution in [0.4, 0.5) is 11.6 Å². The second-order valence-electron chi connectivity index (χ2n) is 5.88. The molecule has 21 heavy (non-hydrogen) atoms. The number of rotatable bonds is 7. The van der Waals surface area contributed by atoms with E-state index in [0.29, 0.717) is 12.3 Å². The zero-order valence-corrected chi connectivity index (χ0v) is 12.5. The van der Waals surface area contributed by atoms with E-state index in [4.69, 9.17) is 0 Å². The third-order valence-electron chi connectivity index (χ3n) is 3.86. The van der Waals surface area contributed by atoms with E-state index >= 15 is 0 Å². The third kappa shape index (κ3) is 3.83. The van der Waals surface area contributed by atoms with E-state index in [1.165, 1.54) is 12.8 Å². The molecule has 6 nitrogen and oxygen atoms in total. The van der Waals surface area contributed by atoms with E-state index in [0.717, 1.165) is 43.4 Å². The van der Waals surface area contributed by atoms with Crippen molar-refractivity contribution in [1.29, 1.82) is 0 Å². The van der Waals surface area contributed by atoms with Crippen LogP contribution in [-0.2, 0) is 4.79 Å². The van der Waals surface area contributed by atoms with Crippen molar-refractivity contribution < 1.29 is 4.79 Å². The number of nitrogens with one attached hydrogen (secondary N) is 3. The van der Waals surface area contributed by atoms with Crippen LogP contribution in [0.25, 0.3) is 0 Å². The molecule has 0 spiro atoms. The van der Waals surface area contributed by atoms with Gasteiger partial charge in [0.1, 0.15) is 17.5 Å². The molecule has 0 bridgehead atoms. The van der Waals surface area contributed by atoms with Crippen molar-refractivity contribution in [3.63, 3.8) is 0 Å². The molecular weight excluding hydrogens is 266 g/mol. The molecule has 2 heterocycles. The Hall–Kier alpha value is -1.85. The van der Waals surface area contributed by atoms with E-state index in [-0.39, 0.29) is 11.9 Å². The molecule has 2 fully saturated rings. The summed E-state index contributed by atoms with van der Waals surface area (Å²) in [6, 6.07) is 2.17. The second kappa shape index (κ2) is 6.28. The van der Waals surface area contributed by atoms with Crippen LogP contribution in [0.15, 0.2) is 6.07 Å². The normalized spacial score (nSPS) is 21.2. The Labute approximate surface area is 125 Å². The number of aromatic nitrogens is 2. The molecule has 1 atom stereocenters. The Morgan fingerprint density at radius 1 is 1.24 bits per heavy atom. The molecule has 1 unspecified atom stereocenters. The first-order valence-corrected chi connectivity index (χ1v) is 7.90. The van der Waals surface area contributed by atoms with Crippen molar-refractivity contribution in [2.75, 3.05) is 23.7 Å². The van der Waals surface area contributed by atoms with E-state index in [1.807, 2.05) is 6.07 Å². The van der Waals surface area contributed by atoms with Gasteiger partial charge in [-0.2, -0.15) is 0 Å². The molecule has 1 saturated carbocycles. The average Bonchev–Trinajstić information content (AvgIpc) is 3.26. The first-order chi connectivity index (χ1) is 10.2. The van der Waals surface area contributed by atoms with Gasteiger partial charge >= 0.3 is 0 Å². The lowest BCUT2D eigenvalue weighted by Crippen LogP contribution is -2.32. The quantitative estimate of drug-likeness (QED) is 0.714. The fourth-order valence-corrected chi connectivity index (χ4v) is 2.48. The maximum absolute atomic E-state index is 11.2. The van der Waals surface area contributed by atoms with E-state index in [1.54, 1.807) is 0 Å². The topological polar surface area (TPSA) is 78.9 Å². The van der Waals surface area contributed by atoms with Gasteiger partial charge in [-0.3, -0.25) is 4.79 Å². The minimum Gasteiger partial charge on any atom is -0.370 e. The summed E-state index contributed by atoms with van der Waals surface area (Å²) in [6.07, 6.45) is 4.98. The molecule has 114 valence electrons. The summed E-state index contributed by atoms with van der Waals surface area (Å²) < 4.78 is 0. The largest absolute Gasteiger partial charge is 0.370 e. The van der Waals surface area contributed by atoms with E-state index in [9.17, 15) is 4.79 Å². The van der Waals surface area contributed by atoms with Gasteiger partial charge in [-0.15, -0.1) is 0 Å². The van der Waals surface area contributed by atoms with Gasteiger partial charge in [-0.05, 0) is 25.7 Å². The highest BCUT2D eigenvalue weighted by atomic mass is 16.1. The van der Waals surface area contributed by atoms with Gasteiger partial charge in [-0.1, -0.05) is 6.92 Å². The Morgan fingerprint density at radius 2 is 2.00 bits per heavy atom. The highest BCUT2D eigenvalue weighted by Gasteiger charge is 2.27. The molecule has 1 saturated heterocycles. The lowest BCUT2D eigenvalue weighted by atomic mass is 10.2. The fourth-order valence-electron chi connectivity index (χ4n) is 2.48. The molecule has 1 amide bonds. The van der Waals surface area contributed by atoms with Gasteiger partial charge in [0.05, 0.1) is 0 Å². The number of carbonyl (C=O) groups is 1. The first kappa shape index (κ1) is 14.1. The monoisotopic (exact) mass is 289 g/mol. The molecule has 3 N–H and O–H groups in total. The maximum Gasteiger partial charge on any atom is 0.220 e. The molecule has 1 aromatic heterocycles. The van der Waals surface area contributed by atoms with Crippen LogP contribution in [0.5, 0.6) is 0 Å². The smallest absolute Gasteiger partial charge is 0.220 e. The molecule has 0 radical (unpaired) electrons. The molecule has 2 aliphatic rings. The van der Waals surface area contributed by atoms with Crippen LogP contribution in [0.1, 0.15) is 50.8 Å². The van der Waals surface area contributed by atoms with Crippen molar-refractivity contribution in [2.24, 2.45) is 0 Å². The van der Waals surface area contributed by atoms with Crippen molar-refractivity contribution in [3.05, 3.63) is 11.9 Å². The van der Waals surface area contributed by atoms with Crippen LogP contribution < -0.4 is 16.0 Å². The lowest BCUT2D eigenvalue weighted by Gasteiger charge is -2.14. The Kier molecular flexibility index (Phi) is 4.22. The van der Waals surface area contributed by atoms with E-state index in [2.05, 4.69) is 32.8 Å². The number of anilines is 2. The molecule has 1 aromatic rings. The highest BCUT2D eigenvalue weighted by molar-refractivity contribution is 5.78. The number of amides is 1. The summed E-state index contributed by atoms with van der Waals surface area (Å²) in [6.45, 7) is 3.78. The Morgan fingerprint density at radius 3 is 2.62 bits per heavy atom. The number of hydrogen-bond donors (Lipinski definition) is 3. The lowest BCUT2D eigenvalue weighted by molar-refractivity contribution is -0.119. The molecule has 1 aliphatic carbocycles. The van der Waals surface area contributed by atoms with Crippen LogP contribution in [0.2, 0.25) is 0 Å². The average molecular weight is 289 g/mol. The predicted molar refractivity (Wildman–Crippen MR) is 82.4 cm³/mol. The van der Waals surface area contributed by atoms with Crippen LogP contribution in [0, 0.1) is 0 Å². The molecule has 1 aliphatic heterocycles. The van der Waals surface area contributed by atoms with Crippen molar-refractivity contribution in [2.45, 2.75) is 51.0 Å². The molecule has 0 aromatic carbocycles. The van der Waals surface area contributed by atoms with Gasteiger partial charge in [0.2, 0.25) is 5.91 Å². The SMILES string of the molecule is CCCNc1cc(NCC2CCC(=O)N2)nc(C2CC2)n1. The standard InChI is InChI=1S/C15H23N5O/c1-2-7-16-12-8-13(20-15(19-12)10-3-4-10)17-9-11-5-6-14(21)18-11/h8,10-11H,2-7,9H2,1H3,(H,18,21)(H2,16,17,19,20). The fraction of sp³-hybridized carbons (Fsp3) is 0.667. The minimum atomic E-state index is 0.147. The van der Waals surface area contributed by atoms with Gasteiger partial charge in [0.15, 0.2) is 0 Å². The molecular formula is C15H23N5O. The second-order valence-corrected chi connectivity index (χ2v) is 5.88. The van der Waals surface area contributed by atoms with Crippen molar-refractivity contribution in [1.82, 2.24) is 15.3 Å². The maximum atomic E-state index is 11.2. The highest BCUT2D eigenvalue weighted by Crippen LogP contribution is 2.38. The zero-order valence-electron chi connectivity index (χ0n) is 12.5. The zero-order chi connectivity index (χ0) is 14.7. The van der Waals surface area contributed by atoms with Crippen LogP contribution in [0.3, 0.4) is 0 Å². The number of carbonyl (C=O) groups excluding carboxylic acids is 1. The summed E-state index contributed by atoms with van der Waals surface area (Å²) in [5.41, 5.74) is 0. The van der Waals surface area contributed by atoms with Crippen LogP contribution >= 0.6 is 0 Å². The van der Waals surface area contributed by atoms with E-state index < -0.39 is 0 Å². The van der Waals surface area contributed by atoms with Gasteiger partial charge in [-0.25, -0.2) is 9.97 Å². The summed E-state index contributed by atoms with van der Waals surface area (Å²) in [4.78, 5) is 20.4. The molecule has 6 heteroatoms. The predicted octanol–water partition coefficient (Wildman–Crippen LogP) is 1.87. The minimum absolute atomic E-state index is 0.147. The molecule has 3 rings (SSSR count). The van der Waals surface area contributed by atoms with Gasteiger partial charge in [0, 0.05) is 37.5 Å². The van der Waals surface area contributed by atoms with Gasteiger partial charge < -0.3 is 16.0 Å². The summed E-state index contributed by atoms with van der Waals surface area (Å²) in [5.74, 6) is 3.36. The van der Waals surface area contributed by atoms with Gasteiger partial charge in [0.25, 0.3) is 0 Å². The van der Waals surface area contributed by atoms with Crippen molar-refractivity contribution in [3.8, 4) is 0 Å². The summed E-state index contributed by atoms with van der Waals surface area (Å²) in [5, 5.41) is 9.64. The number of hydrogen-bond acceptors (Lipinski definition) is 5.